The van der Waals surface area contributed by atoms with Gasteiger partial charge in [0.15, 0.2) is 11.5 Å². The van der Waals surface area contributed by atoms with Crippen LogP contribution in [0.3, 0.4) is 0 Å². The van der Waals surface area contributed by atoms with Crippen molar-refractivity contribution in [3.63, 3.8) is 0 Å². The zero-order chi connectivity index (χ0) is 20.6. The summed E-state index contributed by atoms with van der Waals surface area (Å²) in [5.41, 5.74) is 1.69. The number of benzene rings is 2. The van der Waals surface area contributed by atoms with Gasteiger partial charge in [-0.3, -0.25) is 14.5 Å². The van der Waals surface area contributed by atoms with E-state index < -0.39 is 23.1 Å². The first-order chi connectivity index (χ1) is 13.1. The number of hydrogen-bond donors (Lipinski definition) is 2. The lowest BCUT2D eigenvalue weighted by molar-refractivity contribution is -0.123. The molecule has 1 heterocycles. The van der Waals surface area contributed by atoms with Gasteiger partial charge in [0, 0.05) is 11.1 Å². The third-order valence-corrected chi connectivity index (χ3v) is 4.97. The second-order valence-electron chi connectivity index (χ2n) is 8.03. The van der Waals surface area contributed by atoms with Crippen LogP contribution in [0, 0.1) is 5.41 Å². The zero-order valence-electron chi connectivity index (χ0n) is 16.6. The van der Waals surface area contributed by atoms with E-state index in [0.717, 1.165) is 12.0 Å². The largest absolute Gasteiger partial charge is 0.508 e. The number of aryl methyl sites for hydroxylation is 1. The van der Waals surface area contributed by atoms with Gasteiger partial charge >= 0.3 is 0 Å². The highest BCUT2D eigenvalue weighted by molar-refractivity contribution is 6.17. The minimum atomic E-state index is -0.763. The molecule has 2 N–H and O–H groups in total. The van der Waals surface area contributed by atoms with Crippen LogP contribution in [0.15, 0.2) is 59.9 Å². The molecule has 0 saturated heterocycles. The van der Waals surface area contributed by atoms with Crippen molar-refractivity contribution in [2.45, 2.75) is 40.2 Å². The monoisotopic (exact) mass is 379 g/mol. The molecule has 1 unspecified atom stereocenters. The number of Topliss-reactive ketones (excluding diaryl/α,β-unsaturated/α-hetero) is 1. The Morgan fingerprint density at radius 1 is 1.00 bits per heavy atom. The van der Waals surface area contributed by atoms with Crippen molar-refractivity contribution in [2.24, 2.45) is 5.41 Å². The summed E-state index contributed by atoms with van der Waals surface area (Å²) < 4.78 is 0. The first kappa shape index (κ1) is 19.7. The molecule has 1 amide bonds. The van der Waals surface area contributed by atoms with E-state index in [1.807, 2.05) is 31.2 Å². The van der Waals surface area contributed by atoms with Crippen molar-refractivity contribution in [2.75, 3.05) is 4.90 Å². The third kappa shape index (κ3) is 3.40. The SMILES string of the molecule is CCc1ccc(N2C(=O)C(O)=C(C(=O)C(C)(C)C)C2c2ccc(O)cc2)cc1. The molecule has 146 valence electrons. The van der Waals surface area contributed by atoms with E-state index in [9.17, 15) is 19.8 Å². The molecule has 0 aromatic heterocycles. The van der Waals surface area contributed by atoms with Gasteiger partial charge in [-0.25, -0.2) is 0 Å². The van der Waals surface area contributed by atoms with Gasteiger partial charge in [-0.05, 0) is 41.8 Å². The standard InChI is InChI=1S/C23H25NO4/c1-5-14-6-10-16(11-7-14)24-19(15-8-12-17(25)13-9-15)18(20(26)22(24)28)21(27)23(2,3)4/h6-13,19,25-26H,5H2,1-4H3. The Morgan fingerprint density at radius 2 is 1.57 bits per heavy atom. The average Bonchev–Trinajstić information content (AvgIpc) is 2.92. The normalized spacial score (nSPS) is 17.4. The minimum absolute atomic E-state index is 0.0859. The van der Waals surface area contributed by atoms with E-state index in [-0.39, 0.29) is 17.1 Å². The Morgan fingerprint density at radius 3 is 2.07 bits per heavy atom. The van der Waals surface area contributed by atoms with Crippen LogP contribution in [0.5, 0.6) is 5.75 Å². The molecule has 5 heteroatoms. The second kappa shape index (κ2) is 7.15. The molecular weight excluding hydrogens is 354 g/mol. The number of ketones is 1. The number of rotatable bonds is 4. The molecule has 0 bridgehead atoms. The summed E-state index contributed by atoms with van der Waals surface area (Å²) in [6, 6.07) is 13.1. The van der Waals surface area contributed by atoms with E-state index in [4.69, 9.17) is 0 Å². The molecule has 1 aliphatic heterocycles. The summed E-state index contributed by atoms with van der Waals surface area (Å²) in [4.78, 5) is 27.5. The summed E-state index contributed by atoms with van der Waals surface area (Å²) in [5.74, 6) is -1.32. The summed E-state index contributed by atoms with van der Waals surface area (Å²) in [5, 5.41) is 20.3. The predicted molar refractivity (Wildman–Crippen MR) is 108 cm³/mol. The average molecular weight is 379 g/mol. The number of carbonyl (C=O) groups is 2. The number of phenols is 1. The number of aliphatic hydroxyl groups is 1. The van der Waals surface area contributed by atoms with Crippen LogP contribution in [-0.4, -0.2) is 21.9 Å². The van der Waals surface area contributed by atoms with Crippen LogP contribution in [0.25, 0.3) is 0 Å². The molecule has 0 spiro atoms. The summed E-state index contributed by atoms with van der Waals surface area (Å²) in [7, 11) is 0. The Labute approximate surface area is 164 Å². The van der Waals surface area contributed by atoms with Gasteiger partial charge in [0.1, 0.15) is 5.75 Å². The highest BCUT2D eigenvalue weighted by Gasteiger charge is 2.46. The Hall–Kier alpha value is -3.08. The fourth-order valence-electron chi connectivity index (χ4n) is 3.37. The topological polar surface area (TPSA) is 77.8 Å². The maximum atomic E-state index is 13.1. The maximum Gasteiger partial charge on any atom is 0.294 e. The molecule has 2 aromatic rings. The maximum absolute atomic E-state index is 13.1. The van der Waals surface area contributed by atoms with Crippen molar-refractivity contribution >= 4 is 17.4 Å². The van der Waals surface area contributed by atoms with Gasteiger partial charge < -0.3 is 10.2 Å². The van der Waals surface area contributed by atoms with Gasteiger partial charge in [-0.1, -0.05) is 52.0 Å². The number of anilines is 1. The van der Waals surface area contributed by atoms with Crippen LogP contribution in [0.1, 0.15) is 44.9 Å². The number of amides is 1. The molecule has 5 nitrogen and oxygen atoms in total. The minimum Gasteiger partial charge on any atom is -0.508 e. The zero-order valence-corrected chi connectivity index (χ0v) is 16.6. The van der Waals surface area contributed by atoms with Gasteiger partial charge in [-0.15, -0.1) is 0 Å². The van der Waals surface area contributed by atoms with E-state index >= 15 is 0 Å². The van der Waals surface area contributed by atoms with E-state index in [1.54, 1.807) is 32.9 Å². The third-order valence-electron chi connectivity index (χ3n) is 4.97. The quantitative estimate of drug-likeness (QED) is 0.822. The van der Waals surface area contributed by atoms with Crippen LogP contribution >= 0.6 is 0 Å². The lowest BCUT2D eigenvalue weighted by atomic mass is 9.82. The molecule has 3 rings (SSSR count). The molecule has 1 atom stereocenters. The second-order valence-corrected chi connectivity index (χ2v) is 8.03. The first-order valence-electron chi connectivity index (χ1n) is 9.34. The van der Waals surface area contributed by atoms with Gasteiger partial charge in [-0.2, -0.15) is 0 Å². The van der Waals surface area contributed by atoms with E-state index in [0.29, 0.717) is 11.3 Å². The van der Waals surface area contributed by atoms with Crippen LogP contribution in [0.4, 0.5) is 5.69 Å². The lowest BCUT2D eigenvalue weighted by Crippen LogP contribution is -2.32. The first-order valence-corrected chi connectivity index (χ1v) is 9.34. The van der Waals surface area contributed by atoms with E-state index in [2.05, 4.69) is 0 Å². The fourth-order valence-corrected chi connectivity index (χ4v) is 3.37. The number of carbonyl (C=O) groups excluding carboxylic acids is 2. The van der Waals surface area contributed by atoms with Gasteiger partial charge in [0.2, 0.25) is 0 Å². The Balaban J connectivity index is 2.17. The summed E-state index contributed by atoms with van der Waals surface area (Å²) >= 11 is 0. The molecule has 0 saturated carbocycles. The van der Waals surface area contributed by atoms with E-state index in [1.165, 1.54) is 17.0 Å². The number of phenolic OH excluding ortho intramolecular Hbond substituents is 1. The highest BCUT2D eigenvalue weighted by atomic mass is 16.3. The molecule has 1 aliphatic rings. The molecular formula is C23H25NO4. The fraction of sp³-hybridized carbons (Fsp3) is 0.304. The Kier molecular flexibility index (Phi) is 5.02. The van der Waals surface area contributed by atoms with Crippen LogP contribution in [-0.2, 0) is 16.0 Å². The summed E-state index contributed by atoms with van der Waals surface area (Å²) in [6.45, 7) is 7.31. The van der Waals surface area contributed by atoms with Crippen molar-refractivity contribution in [3.8, 4) is 5.75 Å². The van der Waals surface area contributed by atoms with Crippen LogP contribution < -0.4 is 4.90 Å². The number of aliphatic hydroxyl groups excluding tert-OH is 1. The number of hydrogen-bond acceptors (Lipinski definition) is 4. The van der Waals surface area contributed by atoms with Crippen molar-refractivity contribution in [1.29, 1.82) is 0 Å². The van der Waals surface area contributed by atoms with Crippen LogP contribution in [0.2, 0.25) is 0 Å². The summed E-state index contributed by atoms with van der Waals surface area (Å²) in [6.07, 6.45) is 0.868. The van der Waals surface area contributed by atoms with Crippen molar-refractivity contribution in [3.05, 3.63) is 71.0 Å². The molecule has 0 radical (unpaired) electrons. The Bertz CT molecular complexity index is 934. The van der Waals surface area contributed by atoms with Gasteiger partial charge in [0.05, 0.1) is 11.6 Å². The highest BCUT2D eigenvalue weighted by Crippen LogP contribution is 2.43. The molecule has 2 aromatic carbocycles. The number of nitrogens with zero attached hydrogens (tertiary/aromatic N) is 1. The molecule has 28 heavy (non-hydrogen) atoms. The molecule has 0 aliphatic carbocycles. The lowest BCUT2D eigenvalue weighted by Gasteiger charge is -2.29. The van der Waals surface area contributed by atoms with Crippen molar-refractivity contribution < 1.29 is 19.8 Å². The smallest absolute Gasteiger partial charge is 0.294 e. The predicted octanol–water partition coefficient (Wildman–Crippen LogP) is 4.47. The van der Waals surface area contributed by atoms with Crippen molar-refractivity contribution in [1.82, 2.24) is 0 Å². The molecule has 0 fully saturated rings. The number of aromatic hydroxyl groups is 1. The van der Waals surface area contributed by atoms with Gasteiger partial charge in [0.25, 0.3) is 5.91 Å².